The van der Waals surface area contributed by atoms with Crippen LogP contribution in [-0.2, 0) is 11.3 Å². The van der Waals surface area contributed by atoms with E-state index in [4.69, 9.17) is 14.2 Å². The normalized spacial score (nSPS) is 18.9. The summed E-state index contributed by atoms with van der Waals surface area (Å²) < 4.78 is 16.1. The summed E-state index contributed by atoms with van der Waals surface area (Å²) in [7, 11) is 1.57. The molecule has 3 aromatic rings. The minimum Gasteiger partial charge on any atom is -0.497 e. The van der Waals surface area contributed by atoms with Gasteiger partial charge in [-0.2, -0.15) is 0 Å². The van der Waals surface area contributed by atoms with Gasteiger partial charge in [-0.15, -0.1) is 0 Å². The lowest BCUT2D eigenvalue weighted by Gasteiger charge is -2.41. The number of aliphatic carboxylic acids is 1. The largest absolute Gasteiger partial charge is 0.497 e. The second-order valence-electron chi connectivity index (χ2n) is 7.74. The van der Waals surface area contributed by atoms with E-state index >= 15 is 0 Å². The molecule has 0 radical (unpaired) electrons. The topological polar surface area (TPSA) is 85.3 Å². The maximum Gasteiger partial charge on any atom is 0.313 e. The van der Waals surface area contributed by atoms with Crippen LogP contribution in [0.3, 0.4) is 0 Å². The summed E-state index contributed by atoms with van der Waals surface area (Å²) in [4.78, 5) is 27.7. The van der Waals surface area contributed by atoms with Crippen LogP contribution in [0.1, 0.15) is 39.0 Å². The van der Waals surface area contributed by atoms with E-state index in [0.717, 1.165) is 11.1 Å². The number of fused-ring (bicyclic) bond motifs is 2. The molecule has 0 spiro atoms. The first kappa shape index (κ1) is 19.9. The average Bonchev–Trinajstić information content (AvgIpc) is 3.28. The molecule has 162 valence electrons. The lowest BCUT2D eigenvalue weighted by atomic mass is 9.79. The fourth-order valence-corrected chi connectivity index (χ4v) is 4.44. The van der Waals surface area contributed by atoms with Crippen LogP contribution in [-0.4, -0.2) is 35.8 Å². The maximum absolute atomic E-state index is 13.6. The Bertz CT molecular complexity index is 1190. The Morgan fingerprint density at radius 2 is 1.81 bits per heavy atom. The van der Waals surface area contributed by atoms with E-state index in [1.54, 1.807) is 54.5 Å². The Kier molecular flexibility index (Phi) is 4.93. The van der Waals surface area contributed by atoms with Crippen molar-refractivity contribution in [3.05, 3.63) is 89.0 Å². The quantitative estimate of drug-likeness (QED) is 0.658. The van der Waals surface area contributed by atoms with E-state index in [9.17, 15) is 14.7 Å². The first-order valence-electron chi connectivity index (χ1n) is 10.2. The molecule has 0 unspecified atom stereocenters. The Labute approximate surface area is 184 Å². The summed E-state index contributed by atoms with van der Waals surface area (Å²) in [6.07, 6.45) is 0. The van der Waals surface area contributed by atoms with Crippen LogP contribution >= 0.6 is 0 Å². The van der Waals surface area contributed by atoms with Crippen LogP contribution in [0.2, 0.25) is 0 Å². The minimum atomic E-state index is -0.985. The molecule has 1 N–H and O–H groups in total. The van der Waals surface area contributed by atoms with Gasteiger partial charge in [0, 0.05) is 12.1 Å². The van der Waals surface area contributed by atoms with E-state index in [1.165, 1.54) is 0 Å². The molecule has 5 rings (SSSR count). The van der Waals surface area contributed by atoms with Crippen LogP contribution in [0.25, 0.3) is 0 Å². The number of rotatable bonds is 5. The van der Waals surface area contributed by atoms with Gasteiger partial charge in [-0.1, -0.05) is 36.4 Å². The smallest absolute Gasteiger partial charge is 0.313 e. The summed E-state index contributed by atoms with van der Waals surface area (Å²) in [6, 6.07) is 18.9. The summed E-state index contributed by atoms with van der Waals surface area (Å²) in [5.41, 5.74) is 2.48. The molecule has 2 aliphatic heterocycles. The predicted molar refractivity (Wildman–Crippen MR) is 115 cm³/mol. The fourth-order valence-electron chi connectivity index (χ4n) is 4.44. The molecule has 3 aromatic carbocycles. The van der Waals surface area contributed by atoms with E-state index < -0.39 is 17.9 Å². The lowest BCUT2D eigenvalue weighted by molar-refractivity contribution is -0.140. The number of carboxylic acid groups (broad SMARTS) is 1. The molecule has 0 saturated heterocycles. The number of methoxy groups -OCH3 is 1. The van der Waals surface area contributed by atoms with Crippen molar-refractivity contribution in [3.63, 3.8) is 0 Å². The van der Waals surface area contributed by atoms with Crippen molar-refractivity contribution < 1.29 is 28.9 Å². The van der Waals surface area contributed by atoms with Gasteiger partial charge in [0.1, 0.15) is 11.7 Å². The molecule has 7 heteroatoms. The first-order valence-corrected chi connectivity index (χ1v) is 10.2. The number of carbonyl (C=O) groups excluding carboxylic acids is 1. The second-order valence-corrected chi connectivity index (χ2v) is 7.74. The number of ether oxygens (including phenoxy) is 3. The van der Waals surface area contributed by atoms with Crippen LogP contribution in [0, 0.1) is 0 Å². The summed E-state index contributed by atoms with van der Waals surface area (Å²) in [5, 5.41) is 10.2. The number of nitrogens with zero attached hydrogens (tertiary/aromatic N) is 1. The van der Waals surface area contributed by atoms with Crippen molar-refractivity contribution >= 4 is 11.9 Å². The van der Waals surface area contributed by atoms with Crippen LogP contribution in [0.4, 0.5) is 0 Å². The zero-order chi connectivity index (χ0) is 22.2. The Morgan fingerprint density at radius 1 is 1.06 bits per heavy atom. The van der Waals surface area contributed by atoms with Gasteiger partial charge in [-0.05, 0) is 47.0 Å². The number of carboxylic acids is 1. The van der Waals surface area contributed by atoms with Gasteiger partial charge in [0.05, 0.1) is 13.2 Å². The van der Waals surface area contributed by atoms with Gasteiger partial charge >= 0.3 is 5.97 Å². The third-order valence-electron chi connectivity index (χ3n) is 5.95. The zero-order valence-electron chi connectivity index (χ0n) is 17.4. The van der Waals surface area contributed by atoms with Crippen LogP contribution in [0.15, 0.2) is 66.7 Å². The molecule has 1 amide bonds. The number of hydrogen-bond acceptors (Lipinski definition) is 5. The highest BCUT2D eigenvalue weighted by atomic mass is 16.7. The SMILES string of the molecule is COc1ccc([C@H]2[C@@H](C(=O)O)c3ccccc3C(=O)N2Cc2ccc3c(c2)OCO3)cc1. The number of carbonyl (C=O) groups is 2. The molecule has 2 heterocycles. The number of benzene rings is 3. The van der Waals surface area contributed by atoms with Gasteiger partial charge in [-0.25, -0.2) is 0 Å². The third-order valence-corrected chi connectivity index (χ3v) is 5.95. The van der Waals surface area contributed by atoms with Crippen molar-refractivity contribution in [3.8, 4) is 17.2 Å². The molecule has 2 atom stereocenters. The van der Waals surface area contributed by atoms with Crippen LogP contribution < -0.4 is 14.2 Å². The van der Waals surface area contributed by atoms with Crippen molar-refractivity contribution in [2.75, 3.05) is 13.9 Å². The molecular weight excluding hydrogens is 410 g/mol. The van der Waals surface area contributed by atoms with Gasteiger partial charge in [-0.3, -0.25) is 9.59 Å². The monoisotopic (exact) mass is 431 g/mol. The molecule has 0 aromatic heterocycles. The Morgan fingerprint density at radius 3 is 2.56 bits per heavy atom. The molecule has 0 aliphatic carbocycles. The highest BCUT2D eigenvalue weighted by Crippen LogP contribution is 2.44. The number of amides is 1. The standard InChI is InChI=1S/C25H21NO6/c1-30-17-9-7-16(8-10-17)23-22(25(28)29)18-4-2-3-5-19(18)24(27)26(23)13-15-6-11-20-21(12-15)32-14-31-20/h2-12,22-23H,13-14H2,1H3,(H,28,29)/t22-,23-/m0/s1. The minimum absolute atomic E-state index is 0.157. The Balaban J connectivity index is 1.62. The van der Waals surface area contributed by atoms with Crippen molar-refractivity contribution in [2.24, 2.45) is 0 Å². The van der Waals surface area contributed by atoms with E-state index in [2.05, 4.69) is 0 Å². The van der Waals surface area contributed by atoms with Gasteiger partial charge < -0.3 is 24.2 Å². The highest BCUT2D eigenvalue weighted by Gasteiger charge is 2.44. The lowest BCUT2D eigenvalue weighted by Crippen LogP contribution is -2.44. The summed E-state index contributed by atoms with van der Waals surface area (Å²) >= 11 is 0. The van der Waals surface area contributed by atoms with E-state index in [1.807, 2.05) is 24.3 Å². The second kappa shape index (κ2) is 7.92. The molecule has 2 aliphatic rings. The molecule has 7 nitrogen and oxygen atoms in total. The van der Waals surface area contributed by atoms with Crippen LogP contribution in [0.5, 0.6) is 17.2 Å². The first-order chi connectivity index (χ1) is 15.6. The van der Waals surface area contributed by atoms with Gasteiger partial charge in [0.25, 0.3) is 5.91 Å². The molecule has 0 fully saturated rings. The number of hydrogen-bond donors (Lipinski definition) is 1. The molecule has 0 saturated carbocycles. The Hall–Kier alpha value is -4.00. The maximum atomic E-state index is 13.6. The average molecular weight is 431 g/mol. The zero-order valence-corrected chi connectivity index (χ0v) is 17.4. The third kappa shape index (κ3) is 3.32. The summed E-state index contributed by atoms with van der Waals surface area (Å²) in [6.45, 7) is 0.384. The predicted octanol–water partition coefficient (Wildman–Crippen LogP) is 3.99. The highest BCUT2D eigenvalue weighted by molar-refractivity contribution is 6.00. The molecule has 0 bridgehead atoms. The van der Waals surface area contributed by atoms with Crippen molar-refractivity contribution in [1.29, 1.82) is 0 Å². The van der Waals surface area contributed by atoms with Gasteiger partial charge in [0.15, 0.2) is 11.5 Å². The molecular formula is C25H21NO6. The molecule has 32 heavy (non-hydrogen) atoms. The van der Waals surface area contributed by atoms with Crippen molar-refractivity contribution in [1.82, 2.24) is 4.90 Å². The summed E-state index contributed by atoms with van der Waals surface area (Å²) in [5.74, 6) is -0.183. The fraction of sp³-hybridized carbons (Fsp3) is 0.200. The van der Waals surface area contributed by atoms with E-state index in [0.29, 0.717) is 28.4 Å². The van der Waals surface area contributed by atoms with Gasteiger partial charge in [0.2, 0.25) is 6.79 Å². The van der Waals surface area contributed by atoms with Crippen molar-refractivity contribution in [2.45, 2.75) is 18.5 Å². The van der Waals surface area contributed by atoms with E-state index in [-0.39, 0.29) is 19.2 Å².